The summed E-state index contributed by atoms with van der Waals surface area (Å²) in [5, 5.41) is 8.74. The molecular weight excluding hydrogens is 214 g/mol. The van der Waals surface area contributed by atoms with E-state index in [0.717, 1.165) is 32.1 Å². The molecule has 3 heterocycles. The van der Waals surface area contributed by atoms with Gasteiger partial charge in [0.15, 0.2) is 0 Å². The van der Waals surface area contributed by atoms with E-state index in [-0.39, 0.29) is 0 Å². The Labute approximate surface area is 101 Å². The Kier molecular flexibility index (Phi) is 2.49. The maximum absolute atomic E-state index is 8.74. The van der Waals surface area contributed by atoms with Crippen LogP contribution in [-0.4, -0.2) is 31.3 Å². The molecule has 4 heteroatoms. The van der Waals surface area contributed by atoms with E-state index >= 15 is 0 Å². The Morgan fingerprint density at radius 3 is 3.00 bits per heavy atom. The van der Waals surface area contributed by atoms with Gasteiger partial charge in [0.05, 0.1) is 12.2 Å². The molecule has 2 aliphatic rings. The van der Waals surface area contributed by atoms with Crippen molar-refractivity contribution in [3.63, 3.8) is 0 Å². The third kappa shape index (κ3) is 1.87. The van der Waals surface area contributed by atoms with E-state index in [4.69, 9.17) is 10.00 Å². The van der Waals surface area contributed by atoms with Gasteiger partial charge in [-0.05, 0) is 25.0 Å². The first kappa shape index (κ1) is 10.5. The second-order valence-electron chi connectivity index (χ2n) is 4.99. The lowest BCUT2D eigenvalue weighted by Crippen LogP contribution is -2.27. The van der Waals surface area contributed by atoms with E-state index in [0.29, 0.717) is 11.0 Å². The fourth-order valence-electron chi connectivity index (χ4n) is 2.74. The quantitative estimate of drug-likeness (QED) is 0.733. The summed E-state index contributed by atoms with van der Waals surface area (Å²) in [6, 6.07) is 5.86. The monoisotopic (exact) mass is 229 g/mol. The van der Waals surface area contributed by atoms with E-state index in [1.165, 1.54) is 12.8 Å². The summed E-state index contributed by atoms with van der Waals surface area (Å²) < 4.78 is 5.51. The Balaban J connectivity index is 1.75. The summed E-state index contributed by atoms with van der Waals surface area (Å²) >= 11 is 0. The molecule has 4 nitrogen and oxygen atoms in total. The van der Waals surface area contributed by atoms with Crippen LogP contribution in [0.25, 0.3) is 0 Å². The van der Waals surface area contributed by atoms with Crippen molar-refractivity contribution in [2.45, 2.75) is 12.8 Å². The lowest BCUT2D eigenvalue weighted by molar-refractivity contribution is 0.160. The number of ether oxygens (including phenoxy) is 1. The van der Waals surface area contributed by atoms with Crippen LogP contribution in [0.2, 0.25) is 0 Å². The number of pyridine rings is 1. The fraction of sp³-hybridized carbons (Fsp3) is 0.538. The van der Waals surface area contributed by atoms with E-state index in [2.05, 4.69) is 16.0 Å². The lowest BCUT2D eigenvalue weighted by atomic mass is 9.87. The van der Waals surface area contributed by atoms with Crippen LogP contribution in [0, 0.1) is 16.7 Å². The summed E-state index contributed by atoms with van der Waals surface area (Å²) in [6.45, 7) is 3.86. The first-order valence-corrected chi connectivity index (χ1v) is 6.00. The first-order chi connectivity index (χ1) is 8.31. The third-order valence-corrected chi connectivity index (χ3v) is 3.82. The molecule has 0 aliphatic carbocycles. The predicted molar refractivity (Wildman–Crippen MR) is 63.7 cm³/mol. The van der Waals surface area contributed by atoms with Gasteiger partial charge in [0, 0.05) is 31.3 Å². The van der Waals surface area contributed by atoms with E-state index < -0.39 is 0 Å². The van der Waals surface area contributed by atoms with Gasteiger partial charge >= 0.3 is 0 Å². The standard InChI is InChI=1S/C13H15N3O/c14-7-11-1-2-12(15-8-11)16-5-3-13(9-16)4-6-17-10-13/h1-2,8H,3-6,9-10H2/t13-/m0/s1. The van der Waals surface area contributed by atoms with Crippen LogP contribution < -0.4 is 4.90 Å². The molecule has 0 amide bonds. The maximum atomic E-state index is 8.74. The molecule has 0 saturated carbocycles. The third-order valence-electron chi connectivity index (χ3n) is 3.82. The molecule has 0 bridgehead atoms. The molecule has 0 unspecified atom stereocenters. The van der Waals surface area contributed by atoms with Crippen LogP contribution in [0.3, 0.4) is 0 Å². The molecule has 1 aromatic heterocycles. The average Bonchev–Trinajstić information content (AvgIpc) is 3.01. The van der Waals surface area contributed by atoms with Gasteiger partial charge in [-0.2, -0.15) is 5.26 Å². The minimum atomic E-state index is 0.357. The summed E-state index contributed by atoms with van der Waals surface area (Å²) in [4.78, 5) is 6.65. The minimum absolute atomic E-state index is 0.357. The Morgan fingerprint density at radius 2 is 2.35 bits per heavy atom. The zero-order chi connectivity index (χ0) is 11.7. The molecule has 1 spiro atoms. The highest BCUT2D eigenvalue weighted by Gasteiger charge is 2.41. The van der Waals surface area contributed by atoms with Crippen molar-refractivity contribution < 1.29 is 4.74 Å². The summed E-state index contributed by atoms with van der Waals surface area (Å²) in [7, 11) is 0. The van der Waals surface area contributed by atoms with Crippen LogP contribution in [0.1, 0.15) is 18.4 Å². The van der Waals surface area contributed by atoms with Gasteiger partial charge in [-0.1, -0.05) is 0 Å². The summed E-state index contributed by atoms with van der Waals surface area (Å²) in [6.07, 6.45) is 4.00. The van der Waals surface area contributed by atoms with Crippen molar-refractivity contribution in [2.24, 2.45) is 5.41 Å². The zero-order valence-electron chi connectivity index (χ0n) is 9.72. The molecule has 17 heavy (non-hydrogen) atoms. The minimum Gasteiger partial charge on any atom is -0.381 e. The van der Waals surface area contributed by atoms with Crippen LogP contribution in [0.15, 0.2) is 18.3 Å². The largest absolute Gasteiger partial charge is 0.381 e. The molecule has 1 atom stereocenters. The number of hydrogen-bond donors (Lipinski definition) is 0. The van der Waals surface area contributed by atoms with E-state index in [1.54, 1.807) is 6.20 Å². The van der Waals surface area contributed by atoms with Crippen molar-refractivity contribution in [1.82, 2.24) is 4.98 Å². The molecular formula is C13H15N3O. The Hall–Kier alpha value is -1.60. The van der Waals surface area contributed by atoms with Crippen LogP contribution in [-0.2, 0) is 4.74 Å². The van der Waals surface area contributed by atoms with Gasteiger partial charge in [0.2, 0.25) is 0 Å². The lowest BCUT2D eigenvalue weighted by Gasteiger charge is -2.22. The van der Waals surface area contributed by atoms with Crippen molar-refractivity contribution >= 4 is 5.82 Å². The molecule has 2 fully saturated rings. The van der Waals surface area contributed by atoms with Gasteiger partial charge in [-0.3, -0.25) is 0 Å². The number of nitriles is 1. The maximum Gasteiger partial charge on any atom is 0.128 e. The average molecular weight is 229 g/mol. The summed E-state index contributed by atoms with van der Waals surface area (Å²) in [5.74, 6) is 0.979. The molecule has 1 aromatic rings. The molecule has 2 saturated heterocycles. The first-order valence-electron chi connectivity index (χ1n) is 6.00. The second-order valence-corrected chi connectivity index (χ2v) is 4.99. The molecule has 0 aromatic carbocycles. The SMILES string of the molecule is N#Cc1ccc(N2CC[C@]3(CCOC3)C2)nc1. The van der Waals surface area contributed by atoms with Gasteiger partial charge in [0.1, 0.15) is 11.9 Å². The predicted octanol–water partition coefficient (Wildman–Crippen LogP) is 1.57. The Morgan fingerprint density at radius 1 is 1.41 bits per heavy atom. The van der Waals surface area contributed by atoms with Crippen molar-refractivity contribution in [3.05, 3.63) is 23.9 Å². The van der Waals surface area contributed by atoms with Crippen molar-refractivity contribution in [1.29, 1.82) is 5.26 Å². The fourth-order valence-corrected chi connectivity index (χ4v) is 2.74. The highest BCUT2D eigenvalue weighted by Crippen LogP contribution is 2.39. The number of rotatable bonds is 1. The normalized spacial score (nSPS) is 27.6. The topological polar surface area (TPSA) is 49.2 Å². The zero-order valence-corrected chi connectivity index (χ0v) is 9.72. The van der Waals surface area contributed by atoms with Crippen molar-refractivity contribution in [3.8, 4) is 6.07 Å². The Bertz CT molecular complexity index is 443. The molecule has 3 rings (SSSR count). The summed E-state index contributed by atoms with van der Waals surface area (Å²) in [5.41, 5.74) is 0.974. The molecule has 88 valence electrons. The molecule has 0 N–H and O–H groups in total. The molecule has 2 aliphatic heterocycles. The van der Waals surface area contributed by atoms with Crippen LogP contribution in [0.5, 0.6) is 0 Å². The second kappa shape index (κ2) is 4.01. The number of nitrogens with zero attached hydrogens (tertiary/aromatic N) is 3. The van der Waals surface area contributed by atoms with Gasteiger partial charge in [-0.25, -0.2) is 4.98 Å². The highest BCUT2D eigenvalue weighted by atomic mass is 16.5. The van der Waals surface area contributed by atoms with E-state index in [1.807, 2.05) is 12.1 Å². The van der Waals surface area contributed by atoms with Gasteiger partial charge < -0.3 is 9.64 Å². The van der Waals surface area contributed by atoms with Crippen LogP contribution in [0.4, 0.5) is 5.82 Å². The van der Waals surface area contributed by atoms with Gasteiger partial charge in [-0.15, -0.1) is 0 Å². The van der Waals surface area contributed by atoms with Crippen molar-refractivity contribution in [2.75, 3.05) is 31.2 Å². The number of aromatic nitrogens is 1. The highest BCUT2D eigenvalue weighted by molar-refractivity contribution is 5.43. The van der Waals surface area contributed by atoms with Crippen LogP contribution >= 0.6 is 0 Å². The number of anilines is 1. The van der Waals surface area contributed by atoms with Gasteiger partial charge in [0.25, 0.3) is 0 Å². The number of hydrogen-bond acceptors (Lipinski definition) is 4. The molecule has 0 radical (unpaired) electrons. The smallest absolute Gasteiger partial charge is 0.128 e. The van der Waals surface area contributed by atoms with E-state index in [9.17, 15) is 0 Å².